The Morgan fingerprint density at radius 2 is 1.39 bits per heavy atom. The molecule has 0 bridgehead atoms. The SMILES string of the molecule is CC(NC(=O)C(C)NC(=O)C(CCC(=O)O)NC(=O)C(N)CC(N)=O)C(=O)O. The predicted octanol–water partition coefficient (Wildman–Crippen LogP) is -3.37. The summed E-state index contributed by atoms with van der Waals surface area (Å²) in [7, 11) is 0. The molecule has 0 rings (SSSR count). The van der Waals surface area contributed by atoms with Gasteiger partial charge in [-0.1, -0.05) is 0 Å². The van der Waals surface area contributed by atoms with Crippen molar-refractivity contribution in [2.45, 2.75) is 57.3 Å². The third-order valence-electron chi connectivity index (χ3n) is 3.52. The number of primary amides is 1. The molecule has 0 aromatic rings. The van der Waals surface area contributed by atoms with Crippen molar-refractivity contribution in [3.8, 4) is 0 Å². The number of rotatable bonds is 12. The molecule has 4 unspecified atom stereocenters. The molecule has 13 nitrogen and oxygen atoms in total. The van der Waals surface area contributed by atoms with E-state index in [-0.39, 0.29) is 6.42 Å². The van der Waals surface area contributed by atoms with Crippen LogP contribution < -0.4 is 27.4 Å². The number of carboxylic acid groups (broad SMARTS) is 2. The van der Waals surface area contributed by atoms with Gasteiger partial charge in [-0.15, -0.1) is 0 Å². The van der Waals surface area contributed by atoms with Crippen LogP contribution in [0.25, 0.3) is 0 Å². The van der Waals surface area contributed by atoms with Crippen LogP contribution in [0.4, 0.5) is 0 Å². The van der Waals surface area contributed by atoms with Crippen molar-refractivity contribution >= 4 is 35.6 Å². The number of carbonyl (C=O) groups excluding carboxylic acids is 4. The highest BCUT2D eigenvalue weighted by Gasteiger charge is 2.28. The van der Waals surface area contributed by atoms with Gasteiger partial charge in [-0.25, -0.2) is 0 Å². The van der Waals surface area contributed by atoms with E-state index in [1.807, 2.05) is 0 Å². The normalized spacial score (nSPS) is 14.7. The highest BCUT2D eigenvalue weighted by Crippen LogP contribution is 2.01. The molecular formula is C15H25N5O8. The van der Waals surface area contributed by atoms with Gasteiger partial charge in [-0.2, -0.15) is 0 Å². The molecule has 0 heterocycles. The summed E-state index contributed by atoms with van der Waals surface area (Å²) in [4.78, 5) is 68.5. The van der Waals surface area contributed by atoms with Crippen LogP contribution in [0.3, 0.4) is 0 Å². The Morgan fingerprint density at radius 1 is 0.857 bits per heavy atom. The van der Waals surface area contributed by atoms with E-state index in [1.54, 1.807) is 0 Å². The van der Waals surface area contributed by atoms with Crippen LogP contribution in [-0.4, -0.2) is 69.9 Å². The lowest BCUT2D eigenvalue weighted by atomic mass is 10.1. The summed E-state index contributed by atoms with van der Waals surface area (Å²) in [5, 5.41) is 24.2. The van der Waals surface area contributed by atoms with Crippen molar-refractivity contribution in [3.05, 3.63) is 0 Å². The highest BCUT2D eigenvalue weighted by atomic mass is 16.4. The molecule has 9 N–H and O–H groups in total. The summed E-state index contributed by atoms with van der Waals surface area (Å²) in [6.07, 6.45) is -1.26. The number of carbonyl (C=O) groups is 6. The molecule has 0 aliphatic rings. The Kier molecular flexibility index (Phi) is 10.2. The van der Waals surface area contributed by atoms with Gasteiger partial charge < -0.3 is 37.6 Å². The fourth-order valence-electron chi connectivity index (χ4n) is 1.90. The van der Waals surface area contributed by atoms with Gasteiger partial charge in [0.05, 0.1) is 12.5 Å². The zero-order valence-corrected chi connectivity index (χ0v) is 15.4. The van der Waals surface area contributed by atoms with Crippen LogP contribution in [-0.2, 0) is 28.8 Å². The fraction of sp³-hybridized carbons (Fsp3) is 0.600. The Morgan fingerprint density at radius 3 is 1.86 bits per heavy atom. The summed E-state index contributed by atoms with van der Waals surface area (Å²) >= 11 is 0. The molecule has 4 amide bonds. The summed E-state index contributed by atoms with van der Waals surface area (Å²) in [5.41, 5.74) is 10.4. The first-order valence-electron chi connectivity index (χ1n) is 8.24. The minimum Gasteiger partial charge on any atom is -0.481 e. The second-order valence-electron chi connectivity index (χ2n) is 6.07. The van der Waals surface area contributed by atoms with E-state index in [2.05, 4.69) is 16.0 Å². The third kappa shape index (κ3) is 9.47. The second kappa shape index (κ2) is 11.5. The molecule has 0 fully saturated rings. The molecule has 0 saturated heterocycles. The van der Waals surface area contributed by atoms with E-state index in [0.717, 1.165) is 0 Å². The summed E-state index contributed by atoms with van der Waals surface area (Å²) in [6.45, 7) is 2.50. The Balaban J connectivity index is 5.03. The molecule has 0 aliphatic carbocycles. The smallest absolute Gasteiger partial charge is 0.325 e. The molecule has 0 saturated carbocycles. The first kappa shape index (κ1) is 24.8. The quantitative estimate of drug-likeness (QED) is 0.172. The van der Waals surface area contributed by atoms with E-state index < -0.39 is 72.6 Å². The Hall–Kier alpha value is -3.22. The van der Waals surface area contributed by atoms with E-state index >= 15 is 0 Å². The Labute approximate surface area is 160 Å². The molecule has 0 aromatic heterocycles. The van der Waals surface area contributed by atoms with Crippen molar-refractivity contribution in [2.75, 3.05) is 0 Å². The molecule has 0 radical (unpaired) electrons. The van der Waals surface area contributed by atoms with Crippen LogP contribution in [0.15, 0.2) is 0 Å². The molecule has 28 heavy (non-hydrogen) atoms. The monoisotopic (exact) mass is 403 g/mol. The third-order valence-corrected chi connectivity index (χ3v) is 3.52. The van der Waals surface area contributed by atoms with Crippen molar-refractivity contribution in [3.63, 3.8) is 0 Å². The lowest BCUT2D eigenvalue weighted by molar-refractivity contribution is -0.141. The summed E-state index contributed by atoms with van der Waals surface area (Å²) in [6, 6.07) is -5.05. The maximum atomic E-state index is 12.3. The molecule has 0 spiro atoms. The van der Waals surface area contributed by atoms with Crippen LogP contribution >= 0.6 is 0 Å². The van der Waals surface area contributed by atoms with Crippen molar-refractivity contribution in [2.24, 2.45) is 11.5 Å². The first-order valence-corrected chi connectivity index (χ1v) is 8.24. The number of hydrogen-bond donors (Lipinski definition) is 7. The second-order valence-corrected chi connectivity index (χ2v) is 6.07. The van der Waals surface area contributed by atoms with Crippen molar-refractivity contribution in [1.29, 1.82) is 0 Å². The summed E-state index contributed by atoms with van der Waals surface area (Å²) < 4.78 is 0. The zero-order chi connectivity index (χ0) is 22.0. The fourth-order valence-corrected chi connectivity index (χ4v) is 1.90. The van der Waals surface area contributed by atoms with Gasteiger partial charge in [-0.05, 0) is 20.3 Å². The zero-order valence-electron chi connectivity index (χ0n) is 15.4. The number of carboxylic acids is 2. The molecule has 0 aromatic carbocycles. The largest absolute Gasteiger partial charge is 0.481 e. The predicted molar refractivity (Wildman–Crippen MR) is 93.4 cm³/mol. The number of amides is 4. The van der Waals surface area contributed by atoms with Gasteiger partial charge in [-0.3, -0.25) is 28.8 Å². The molecular weight excluding hydrogens is 378 g/mol. The van der Waals surface area contributed by atoms with Crippen LogP contribution in [0.5, 0.6) is 0 Å². The van der Waals surface area contributed by atoms with Crippen LogP contribution in [0.2, 0.25) is 0 Å². The lowest BCUT2D eigenvalue weighted by Gasteiger charge is -2.22. The minimum atomic E-state index is -1.35. The van der Waals surface area contributed by atoms with E-state index in [4.69, 9.17) is 21.7 Å². The number of hydrogen-bond acceptors (Lipinski definition) is 7. The van der Waals surface area contributed by atoms with Gasteiger partial charge in [0, 0.05) is 6.42 Å². The van der Waals surface area contributed by atoms with Crippen molar-refractivity contribution < 1.29 is 39.0 Å². The maximum Gasteiger partial charge on any atom is 0.325 e. The molecule has 158 valence electrons. The van der Waals surface area contributed by atoms with Gasteiger partial charge >= 0.3 is 11.9 Å². The Bertz CT molecular complexity index is 638. The van der Waals surface area contributed by atoms with Crippen molar-refractivity contribution in [1.82, 2.24) is 16.0 Å². The summed E-state index contributed by atoms with van der Waals surface area (Å²) in [5.74, 6) is -5.92. The van der Waals surface area contributed by atoms with Crippen LogP contribution in [0.1, 0.15) is 33.1 Å². The highest BCUT2D eigenvalue weighted by molar-refractivity contribution is 5.94. The van der Waals surface area contributed by atoms with Gasteiger partial charge in [0.25, 0.3) is 0 Å². The van der Waals surface area contributed by atoms with Gasteiger partial charge in [0.1, 0.15) is 18.1 Å². The first-order chi connectivity index (χ1) is 12.8. The molecule has 4 atom stereocenters. The maximum absolute atomic E-state index is 12.3. The number of nitrogens with one attached hydrogen (secondary N) is 3. The average Bonchev–Trinajstić information content (AvgIpc) is 2.56. The molecule has 13 heteroatoms. The average molecular weight is 403 g/mol. The standard InChI is InChI=1S/C15H25N5O8/c1-6(12(24)19-7(2)15(27)28)18-14(26)9(3-4-11(22)23)20-13(25)8(16)5-10(17)21/h6-9H,3-5,16H2,1-2H3,(H2,17,21)(H,18,26)(H,19,24)(H,20,25)(H,22,23)(H,27,28). The number of aliphatic carboxylic acids is 2. The van der Waals surface area contributed by atoms with E-state index in [0.29, 0.717) is 0 Å². The van der Waals surface area contributed by atoms with E-state index in [1.165, 1.54) is 13.8 Å². The topological polar surface area (TPSA) is 231 Å². The number of nitrogens with two attached hydrogens (primary N) is 2. The molecule has 0 aliphatic heterocycles. The van der Waals surface area contributed by atoms with Gasteiger partial charge in [0.2, 0.25) is 23.6 Å². The lowest BCUT2D eigenvalue weighted by Crippen LogP contribution is -2.56. The van der Waals surface area contributed by atoms with Crippen LogP contribution in [0, 0.1) is 0 Å². The minimum absolute atomic E-state index is 0.309. The van der Waals surface area contributed by atoms with Gasteiger partial charge in [0.15, 0.2) is 0 Å². The van der Waals surface area contributed by atoms with E-state index in [9.17, 15) is 28.8 Å².